The molecule has 1 heterocycles. The standard InChI is InChI=1S/C19H24ClN5O3/c1-25(8-6-16-5-2-3-7-23-16)18(26)14-11-15(20)13-17(12-14)27-9-4-10-28-24-19(21)22/h2-3,5,7,11-13H,4,6,8-10H2,1H3,(H4,21,22,24). The van der Waals surface area contributed by atoms with E-state index in [9.17, 15) is 4.79 Å². The highest BCUT2D eigenvalue weighted by Gasteiger charge is 2.14. The number of benzene rings is 1. The van der Waals surface area contributed by atoms with Crippen molar-refractivity contribution in [2.75, 3.05) is 26.8 Å². The molecule has 0 atom stereocenters. The molecule has 0 bridgehead atoms. The zero-order valence-electron chi connectivity index (χ0n) is 15.7. The van der Waals surface area contributed by atoms with E-state index >= 15 is 0 Å². The van der Waals surface area contributed by atoms with Crippen molar-refractivity contribution in [3.8, 4) is 5.75 Å². The highest BCUT2D eigenvalue weighted by Crippen LogP contribution is 2.22. The number of ether oxygens (including phenoxy) is 1. The molecule has 4 N–H and O–H groups in total. The maximum atomic E-state index is 12.7. The van der Waals surface area contributed by atoms with Gasteiger partial charge in [-0.05, 0) is 30.3 Å². The highest BCUT2D eigenvalue weighted by molar-refractivity contribution is 6.31. The summed E-state index contributed by atoms with van der Waals surface area (Å²) in [6, 6.07) is 10.7. The zero-order chi connectivity index (χ0) is 20.4. The number of rotatable bonds is 10. The number of amides is 1. The Morgan fingerprint density at radius 2 is 2.14 bits per heavy atom. The Labute approximate surface area is 169 Å². The Kier molecular flexibility index (Phi) is 8.51. The number of guanidine groups is 1. The molecule has 2 rings (SSSR count). The zero-order valence-corrected chi connectivity index (χ0v) is 16.4. The van der Waals surface area contributed by atoms with Crippen molar-refractivity contribution in [2.45, 2.75) is 12.8 Å². The van der Waals surface area contributed by atoms with E-state index in [1.807, 2.05) is 18.2 Å². The Balaban J connectivity index is 1.86. The van der Waals surface area contributed by atoms with Gasteiger partial charge in [-0.3, -0.25) is 20.0 Å². The van der Waals surface area contributed by atoms with Crippen molar-refractivity contribution < 1.29 is 14.4 Å². The van der Waals surface area contributed by atoms with Crippen molar-refractivity contribution in [1.82, 2.24) is 15.4 Å². The van der Waals surface area contributed by atoms with E-state index < -0.39 is 0 Å². The van der Waals surface area contributed by atoms with Crippen LogP contribution in [0.25, 0.3) is 0 Å². The first kappa shape index (κ1) is 21.5. The molecule has 0 spiro atoms. The molecular formula is C19H24ClN5O3. The quantitative estimate of drug-likeness (QED) is 0.242. The topological polar surface area (TPSA) is 114 Å². The predicted molar refractivity (Wildman–Crippen MR) is 107 cm³/mol. The van der Waals surface area contributed by atoms with Gasteiger partial charge in [0.1, 0.15) is 5.75 Å². The number of nitrogens with one attached hydrogen (secondary N) is 2. The first-order valence-electron chi connectivity index (χ1n) is 8.76. The van der Waals surface area contributed by atoms with E-state index in [2.05, 4.69) is 10.5 Å². The van der Waals surface area contributed by atoms with Gasteiger partial charge in [-0.1, -0.05) is 17.7 Å². The van der Waals surface area contributed by atoms with Gasteiger partial charge in [0.15, 0.2) is 0 Å². The number of hydrogen-bond donors (Lipinski definition) is 3. The number of hydroxylamine groups is 1. The Morgan fingerprint density at radius 1 is 1.32 bits per heavy atom. The molecule has 9 heteroatoms. The molecule has 0 aliphatic carbocycles. The van der Waals surface area contributed by atoms with Crippen LogP contribution in [0.5, 0.6) is 5.75 Å². The third kappa shape index (κ3) is 7.42. The fourth-order valence-corrected chi connectivity index (χ4v) is 2.59. The van der Waals surface area contributed by atoms with Gasteiger partial charge in [0.25, 0.3) is 5.91 Å². The second-order valence-electron chi connectivity index (χ2n) is 6.04. The maximum Gasteiger partial charge on any atom is 0.253 e. The number of carbonyl (C=O) groups is 1. The molecule has 150 valence electrons. The number of aromatic nitrogens is 1. The molecule has 28 heavy (non-hydrogen) atoms. The minimum absolute atomic E-state index is 0.141. The van der Waals surface area contributed by atoms with Crippen LogP contribution in [0, 0.1) is 5.41 Å². The summed E-state index contributed by atoms with van der Waals surface area (Å²) in [5.74, 6) is 0.108. The molecule has 1 aromatic heterocycles. The van der Waals surface area contributed by atoms with Crippen LogP contribution < -0.4 is 16.0 Å². The van der Waals surface area contributed by atoms with Crippen LogP contribution in [-0.4, -0.2) is 48.6 Å². The molecular weight excluding hydrogens is 382 g/mol. The number of nitrogens with two attached hydrogens (primary N) is 1. The summed E-state index contributed by atoms with van der Waals surface area (Å²) in [7, 11) is 1.74. The lowest BCUT2D eigenvalue weighted by Crippen LogP contribution is -2.30. The van der Waals surface area contributed by atoms with Crippen molar-refractivity contribution >= 4 is 23.5 Å². The van der Waals surface area contributed by atoms with Gasteiger partial charge in [0.05, 0.1) is 13.2 Å². The van der Waals surface area contributed by atoms with Gasteiger partial charge in [-0.15, -0.1) is 0 Å². The molecule has 0 unspecified atom stereocenters. The molecule has 1 amide bonds. The lowest BCUT2D eigenvalue weighted by Gasteiger charge is -2.18. The average molecular weight is 406 g/mol. The van der Waals surface area contributed by atoms with E-state index in [4.69, 9.17) is 32.3 Å². The highest BCUT2D eigenvalue weighted by atomic mass is 35.5. The van der Waals surface area contributed by atoms with E-state index in [0.29, 0.717) is 48.9 Å². The van der Waals surface area contributed by atoms with Crippen LogP contribution in [0.2, 0.25) is 5.02 Å². The van der Waals surface area contributed by atoms with Crippen molar-refractivity contribution in [2.24, 2.45) is 5.73 Å². The fourth-order valence-electron chi connectivity index (χ4n) is 2.37. The van der Waals surface area contributed by atoms with Gasteiger partial charge in [0, 0.05) is 48.9 Å². The van der Waals surface area contributed by atoms with E-state index in [-0.39, 0.29) is 11.9 Å². The molecule has 0 fully saturated rings. The largest absolute Gasteiger partial charge is 0.493 e. The monoisotopic (exact) mass is 405 g/mol. The second kappa shape index (κ2) is 11.1. The Hall–Kier alpha value is -2.84. The number of pyridine rings is 1. The third-order valence-electron chi connectivity index (χ3n) is 3.74. The lowest BCUT2D eigenvalue weighted by molar-refractivity contribution is 0.0732. The molecule has 0 saturated heterocycles. The lowest BCUT2D eigenvalue weighted by atomic mass is 10.1. The Morgan fingerprint density at radius 3 is 2.86 bits per heavy atom. The van der Waals surface area contributed by atoms with Crippen LogP contribution in [0.3, 0.4) is 0 Å². The van der Waals surface area contributed by atoms with E-state index in [1.165, 1.54) is 0 Å². The smallest absolute Gasteiger partial charge is 0.253 e. The normalized spacial score (nSPS) is 10.4. The van der Waals surface area contributed by atoms with Crippen molar-refractivity contribution in [3.63, 3.8) is 0 Å². The van der Waals surface area contributed by atoms with Gasteiger partial charge >= 0.3 is 0 Å². The van der Waals surface area contributed by atoms with Crippen LogP contribution in [0.1, 0.15) is 22.5 Å². The van der Waals surface area contributed by atoms with Crippen molar-refractivity contribution in [3.05, 3.63) is 58.9 Å². The third-order valence-corrected chi connectivity index (χ3v) is 3.95. The summed E-state index contributed by atoms with van der Waals surface area (Å²) in [6.07, 6.45) is 2.97. The van der Waals surface area contributed by atoms with Crippen LogP contribution in [0.4, 0.5) is 0 Å². The van der Waals surface area contributed by atoms with Gasteiger partial charge < -0.3 is 15.4 Å². The molecule has 8 nitrogen and oxygen atoms in total. The summed E-state index contributed by atoms with van der Waals surface area (Å²) in [6.45, 7) is 1.23. The van der Waals surface area contributed by atoms with Gasteiger partial charge in [0.2, 0.25) is 5.96 Å². The van der Waals surface area contributed by atoms with E-state index in [0.717, 1.165) is 5.69 Å². The fraction of sp³-hybridized carbons (Fsp3) is 0.316. The summed E-state index contributed by atoms with van der Waals surface area (Å²) in [5, 5.41) is 7.39. The van der Waals surface area contributed by atoms with Crippen LogP contribution in [-0.2, 0) is 11.3 Å². The van der Waals surface area contributed by atoms with E-state index in [1.54, 1.807) is 36.3 Å². The molecule has 1 aromatic carbocycles. The SMILES string of the molecule is CN(CCc1ccccn1)C(=O)c1cc(Cl)cc(OCCCONC(=N)N)c1. The first-order valence-corrected chi connectivity index (χ1v) is 9.14. The number of nitrogens with zero attached hydrogens (tertiary/aromatic N) is 2. The Bertz CT molecular complexity index is 788. The summed E-state index contributed by atoms with van der Waals surface area (Å²) >= 11 is 6.14. The van der Waals surface area contributed by atoms with Crippen LogP contribution >= 0.6 is 11.6 Å². The average Bonchev–Trinajstić information content (AvgIpc) is 2.68. The number of carbonyl (C=O) groups excluding carboxylic acids is 1. The van der Waals surface area contributed by atoms with Crippen molar-refractivity contribution in [1.29, 1.82) is 5.41 Å². The van der Waals surface area contributed by atoms with Gasteiger partial charge in [-0.25, -0.2) is 5.48 Å². The van der Waals surface area contributed by atoms with Gasteiger partial charge in [-0.2, -0.15) is 0 Å². The minimum Gasteiger partial charge on any atom is -0.493 e. The number of halogens is 1. The predicted octanol–water partition coefficient (Wildman–Crippen LogP) is 2.23. The summed E-state index contributed by atoms with van der Waals surface area (Å²) < 4.78 is 5.64. The molecule has 0 aliphatic rings. The summed E-state index contributed by atoms with van der Waals surface area (Å²) in [4.78, 5) is 23.5. The minimum atomic E-state index is -0.258. The maximum absolute atomic E-state index is 12.7. The first-order chi connectivity index (χ1) is 13.5. The molecule has 0 aliphatic heterocycles. The number of hydrogen-bond acceptors (Lipinski definition) is 5. The summed E-state index contributed by atoms with van der Waals surface area (Å²) in [5.41, 5.74) is 8.73. The molecule has 0 radical (unpaired) electrons. The van der Waals surface area contributed by atoms with Crippen LogP contribution in [0.15, 0.2) is 42.6 Å². The number of likely N-dealkylation sites (N-methyl/N-ethyl adjacent to an activating group) is 1. The molecule has 0 saturated carbocycles. The molecule has 2 aromatic rings. The second-order valence-corrected chi connectivity index (χ2v) is 6.48.